The second-order valence-electron chi connectivity index (χ2n) is 3.67. The predicted molar refractivity (Wildman–Crippen MR) is 66.3 cm³/mol. The molecular formula is C11H11N7. The van der Waals surface area contributed by atoms with Crippen molar-refractivity contribution in [3.8, 4) is 0 Å². The molecule has 7 heteroatoms. The van der Waals surface area contributed by atoms with E-state index >= 15 is 0 Å². The van der Waals surface area contributed by atoms with Gasteiger partial charge >= 0.3 is 0 Å². The number of anilines is 2. The van der Waals surface area contributed by atoms with Crippen molar-refractivity contribution in [3.05, 3.63) is 30.9 Å². The Labute approximate surface area is 103 Å². The van der Waals surface area contributed by atoms with Crippen molar-refractivity contribution >= 4 is 22.7 Å². The highest BCUT2D eigenvalue weighted by molar-refractivity contribution is 5.84. The Morgan fingerprint density at radius 1 is 1.33 bits per heavy atom. The van der Waals surface area contributed by atoms with Crippen LogP contribution in [0.15, 0.2) is 30.9 Å². The van der Waals surface area contributed by atoms with Gasteiger partial charge in [0.15, 0.2) is 17.0 Å². The Morgan fingerprint density at radius 2 is 2.28 bits per heavy atom. The normalized spacial score (nSPS) is 10.7. The van der Waals surface area contributed by atoms with Gasteiger partial charge in [0.05, 0.1) is 11.9 Å². The van der Waals surface area contributed by atoms with Gasteiger partial charge in [-0.3, -0.25) is 4.98 Å². The largest absolute Gasteiger partial charge is 0.337 e. The molecule has 3 aromatic rings. The average Bonchev–Trinajstić information content (AvgIpc) is 2.84. The number of pyridine rings is 1. The van der Waals surface area contributed by atoms with Crippen LogP contribution in [0.25, 0.3) is 11.2 Å². The molecule has 18 heavy (non-hydrogen) atoms. The fourth-order valence-electron chi connectivity index (χ4n) is 1.67. The molecule has 0 radical (unpaired) electrons. The molecule has 3 aromatic heterocycles. The molecule has 0 aliphatic carbocycles. The standard InChI is InChI=1S/C11H11N7/c1-2-18-11-9(16-17-18)10(13-7-14-11)15-8-4-3-5-12-6-8/h3-7H,2H2,1H3,(H,13,14,15). The molecule has 0 unspecified atom stereocenters. The lowest BCUT2D eigenvalue weighted by Crippen LogP contribution is -1.99. The van der Waals surface area contributed by atoms with Crippen LogP contribution < -0.4 is 5.32 Å². The summed E-state index contributed by atoms with van der Waals surface area (Å²) in [5, 5.41) is 11.3. The number of hydrogen-bond donors (Lipinski definition) is 1. The van der Waals surface area contributed by atoms with Crippen molar-refractivity contribution in [2.24, 2.45) is 0 Å². The van der Waals surface area contributed by atoms with Gasteiger partial charge in [0, 0.05) is 12.7 Å². The summed E-state index contributed by atoms with van der Waals surface area (Å²) in [5.41, 5.74) is 2.23. The Kier molecular flexibility index (Phi) is 2.56. The van der Waals surface area contributed by atoms with Gasteiger partial charge in [0.25, 0.3) is 0 Å². The molecule has 0 aromatic carbocycles. The lowest BCUT2D eigenvalue weighted by molar-refractivity contribution is 0.641. The van der Waals surface area contributed by atoms with Crippen LogP contribution >= 0.6 is 0 Å². The van der Waals surface area contributed by atoms with E-state index in [0.717, 1.165) is 17.9 Å². The third-order valence-electron chi connectivity index (χ3n) is 2.52. The lowest BCUT2D eigenvalue weighted by atomic mass is 10.4. The number of aromatic nitrogens is 6. The molecule has 0 spiro atoms. The molecule has 3 rings (SSSR count). The first-order valence-corrected chi connectivity index (χ1v) is 5.59. The first-order valence-electron chi connectivity index (χ1n) is 5.59. The summed E-state index contributed by atoms with van der Waals surface area (Å²) in [6, 6.07) is 3.76. The summed E-state index contributed by atoms with van der Waals surface area (Å²) in [7, 11) is 0. The second-order valence-corrected chi connectivity index (χ2v) is 3.67. The van der Waals surface area contributed by atoms with Gasteiger partial charge in [-0.05, 0) is 19.1 Å². The third kappa shape index (κ3) is 1.75. The highest BCUT2D eigenvalue weighted by Crippen LogP contribution is 2.19. The van der Waals surface area contributed by atoms with Crippen LogP contribution in [-0.2, 0) is 6.54 Å². The summed E-state index contributed by atoms with van der Waals surface area (Å²) in [4.78, 5) is 12.4. The number of nitrogens with one attached hydrogen (secondary N) is 1. The van der Waals surface area contributed by atoms with Crippen molar-refractivity contribution in [3.63, 3.8) is 0 Å². The van der Waals surface area contributed by atoms with E-state index in [-0.39, 0.29) is 0 Å². The minimum absolute atomic E-state index is 0.632. The van der Waals surface area contributed by atoms with Gasteiger partial charge in [0.1, 0.15) is 6.33 Å². The van der Waals surface area contributed by atoms with E-state index in [9.17, 15) is 0 Å². The van der Waals surface area contributed by atoms with Gasteiger partial charge < -0.3 is 5.32 Å². The fourth-order valence-corrected chi connectivity index (χ4v) is 1.67. The van der Waals surface area contributed by atoms with Gasteiger partial charge in [0.2, 0.25) is 0 Å². The number of fused-ring (bicyclic) bond motifs is 1. The van der Waals surface area contributed by atoms with Crippen molar-refractivity contribution in [2.75, 3.05) is 5.32 Å². The van der Waals surface area contributed by atoms with E-state index in [1.165, 1.54) is 6.33 Å². The van der Waals surface area contributed by atoms with Crippen molar-refractivity contribution in [1.29, 1.82) is 0 Å². The van der Waals surface area contributed by atoms with Gasteiger partial charge in [-0.2, -0.15) is 0 Å². The monoisotopic (exact) mass is 241 g/mol. The molecule has 1 N–H and O–H groups in total. The van der Waals surface area contributed by atoms with Gasteiger partial charge in [-0.1, -0.05) is 5.21 Å². The highest BCUT2D eigenvalue weighted by Gasteiger charge is 2.10. The summed E-state index contributed by atoms with van der Waals surface area (Å²) < 4.78 is 1.73. The highest BCUT2D eigenvalue weighted by atomic mass is 15.4. The Morgan fingerprint density at radius 3 is 3.06 bits per heavy atom. The smallest absolute Gasteiger partial charge is 0.183 e. The van der Waals surface area contributed by atoms with Gasteiger partial charge in [-0.15, -0.1) is 5.10 Å². The van der Waals surface area contributed by atoms with E-state index in [1.807, 2.05) is 19.1 Å². The van der Waals surface area contributed by atoms with Crippen molar-refractivity contribution < 1.29 is 0 Å². The Hall–Kier alpha value is -2.57. The van der Waals surface area contributed by atoms with Crippen molar-refractivity contribution in [1.82, 2.24) is 29.9 Å². The molecule has 3 heterocycles. The summed E-state index contributed by atoms with van der Waals surface area (Å²) in [5.74, 6) is 0.632. The molecule has 7 nitrogen and oxygen atoms in total. The van der Waals surface area contributed by atoms with E-state index in [1.54, 1.807) is 17.1 Å². The second kappa shape index (κ2) is 4.36. The molecule has 0 aliphatic heterocycles. The lowest BCUT2D eigenvalue weighted by Gasteiger charge is -2.04. The zero-order valence-corrected chi connectivity index (χ0v) is 9.78. The summed E-state index contributed by atoms with van der Waals surface area (Å²) in [6.45, 7) is 2.71. The van der Waals surface area contributed by atoms with Crippen LogP contribution in [0.3, 0.4) is 0 Å². The van der Waals surface area contributed by atoms with Crippen LogP contribution in [0.4, 0.5) is 11.5 Å². The number of aryl methyl sites for hydroxylation is 1. The minimum Gasteiger partial charge on any atom is -0.337 e. The molecule has 0 aliphatic rings. The maximum absolute atomic E-state index is 4.19. The number of rotatable bonds is 3. The van der Waals surface area contributed by atoms with Crippen LogP contribution in [0.5, 0.6) is 0 Å². The molecule has 0 fully saturated rings. The molecule has 0 bridgehead atoms. The minimum atomic E-state index is 0.632. The molecule has 0 saturated carbocycles. The summed E-state index contributed by atoms with van der Waals surface area (Å²) in [6.07, 6.45) is 4.93. The first-order chi connectivity index (χ1) is 8.88. The van der Waals surface area contributed by atoms with Crippen LogP contribution in [0.2, 0.25) is 0 Å². The zero-order chi connectivity index (χ0) is 12.4. The van der Waals surface area contributed by atoms with E-state index < -0.39 is 0 Å². The van der Waals surface area contributed by atoms with Crippen LogP contribution in [0.1, 0.15) is 6.92 Å². The molecule has 0 atom stereocenters. The number of nitrogens with zero attached hydrogens (tertiary/aromatic N) is 6. The molecule has 0 saturated heterocycles. The summed E-state index contributed by atoms with van der Waals surface area (Å²) >= 11 is 0. The maximum Gasteiger partial charge on any atom is 0.183 e. The Bertz CT molecular complexity index is 661. The molecule has 0 amide bonds. The topological polar surface area (TPSA) is 81.4 Å². The number of hydrogen-bond acceptors (Lipinski definition) is 6. The maximum atomic E-state index is 4.19. The quantitative estimate of drug-likeness (QED) is 0.746. The Balaban J connectivity index is 2.05. The third-order valence-corrected chi connectivity index (χ3v) is 2.52. The van der Waals surface area contributed by atoms with Crippen LogP contribution in [-0.4, -0.2) is 29.9 Å². The van der Waals surface area contributed by atoms with Gasteiger partial charge in [-0.25, -0.2) is 14.6 Å². The molecule has 90 valence electrons. The van der Waals surface area contributed by atoms with E-state index in [4.69, 9.17) is 0 Å². The SMILES string of the molecule is CCn1nnc2c(Nc3cccnc3)ncnc21. The fraction of sp³-hybridized carbons (Fsp3) is 0.182. The van der Waals surface area contributed by atoms with E-state index in [0.29, 0.717) is 11.3 Å². The average molecular weight is 241 g/mol. The molecular weight excluding hydrogens is 230 g/mol. The van der Waals surface area contributed by atoms with E-state index in [2.05, 4.69) is 30.6 Å². The predicted octanol–water partition coefficient (Wildman–Crippen LogP) is 1.38. The first kappa shape index (κ1) is 10.6. The van der Waals surface area contributed by atoms with Crippen molar-refractivity contribution in [2.45, 2.75) is 13.5 Å². The zero-order valence-electron chi connectivity index (χ0n) is 9.78. The van der Waals surface area contributed by atoms with Crippen LogP contribution in [0, 0.1) is 0 Å².